The number of rotatable bonds is 10. The molecular formula is C11H17NO4P2. The fraction of sp³-hybridized carbons (Fsp3) is 0.455. The minimum atomic E-state index is 0.0725. The first-order chi connectivity index (χ1) is 8.93. The number of nitrogens with zero attached hydrogens (tertiary/aromatic N) is 1. The van der Waals surface area contributed by atoms with E-state index in [1.165, 1.54) is 0 Å². The molecule has 0 saturated carbocycles. The van der Waals surface area contributed by atoms with Crippen LogP contribution in [0.1, 0.15) is 0 Å². The zero-order valence-corrected chi connectivity index (χ0v) is 12.1. The van der Waals surface area contributed by atoms with Gasteiger partial charge in [-0.25, -0.2) is 0 Å². The van der Waals surface area contributed by atoms with Crippen molar-refractivity contribution in [2.45, 2.75) is 0 Å². The van der Waals surface area contributed by atoms with Crippen LogP contribution in [-0.2, 0) is 14.0 Å². The van der Waals surface area contributed by atoms with Crippen LogP contribution in [0, 0.1) is 0 Å². The van der Waals surface area contributed by atoms with Crippen molar-refractivity contribution in [3.8, 4) is 5.75 Å². The SMILES string of the molecule is COCCOCCOPN=POc1ccccc1. The van der Waals surface area contributed by atoms with Gasteiger partial charge in [-0.05, 0) is 12.1 Å². The van der Waals surface area contributed by atoms with Crippen LogP contribution < -0.4 is 4.52 Å². The van der Waals surface area contributed by atoms with Gasteiger partial charge >= 0.3 is 0 Å². The van der Waals surface area contributed by atoms with Gasteiger partial charge in [0, 0.05) is 7.11 Å². The fourth-order valence-corrected chi connectivity index (χ4v) is 1.90. The molecule has 1 rings (SSSR count). The molecule has 0 aliphatic rings. The number of hydrogen-bond acceptors (Lipinski definition) is 5. The zero-order valence-electron chi connectivity index (χ0n) is 10.2. The van der Waals surface area contributed by atoms with Gasteiger partial charge < -0.3 is 18.5 Å². The summed E-state index contributed by atoms with van der Waals surface area (Å²) in [6.07, 6.45) is 0. The molecule has 0 amide bonds. The molecule has 100 valence electrons. The van der Waals surface area contributed by atoms with Crippen molar-refractivity contribution >= 4 is 17.6 Å². The van der Waals surface area contributed by atoms with Gasteiger partial charge in [0.25, 0.3) is 0 Å². The maximum Gasteiger partial charge on any atom is 0.248 e. The number of ether oxygens (including phenoxy) is 2. The zero-order chi connectivity index (χ0) is 12.9. The summed E-state index contributed by atoms with van der Waals surface area (Å²) in [4.78, 5) is 0. The van der Waals surface area contributed by atoms with E-state index in [2.05, 4.69) is 4.52 Å². The molecule has 1 atom stereocenters. The summed E-state index contributed by atoms with van der Waals surface area (Å²) in [6.45, 7) is 2.29. The van der Waals surface area contributed by atoms with E-state index >= 15 is 0 Å². The summed E-state index contributed by atoms with van der Waals surface area (Å²) in [5.74, 6) is 0.801. The topological polar surface area (TPSA) is 49.3 Å². The Morgan fingerprint density at radius 3 is 2.67 bits per heavy atom. The maximum atomic E-state index is 5.35. The molecule has 0 spiro atoms. The lowest BCUT2D eigenvalue weighted by Crippen LogP contribution is -2.05. The molecule has 0 heterocycles. The molecule has 5 nitrogen and oxygen atoms in total. The van der Waals surface area contributed by atoms with Gasteiger partial charge in [-0.3, -0.25) is 0 Å². The quantitative estimate of drug-likeness (QED) is 0.490. The Morgan fingerprint density at radius 1 is 1.11 bits per heavy atom. The Bertz CT molecular complexity index is 324. The monoisotopic (exact) mass is 289 g/mol. The molecular weight excluding hydrogens is 272 g/mol. The summed E-state index contributed by atoms with van der Waals surface area (Å²) in [6, 6.07) is 9.55. The van der Waals surface area contributed by atoms with E-state index in [0.717, 1.165) is 5.75 Å². The summed E-state index contributed by atoms with van der Waals surface area (Å²) in [7, 11) is 2.27. The maximum absolute atomic E-state index is 5.35. The van der Waals surface area contributed by atoms with Crippen molar-refractivity contribution < 1.29 is 18.5 Å². The standard InChI is InChI=1S/C11H17NO4P2/c1-13-7-8-14-9-10-15-17-12-18-16-11-5-3-2-4-6-11/h2-6,17H,7-10H2,1H3. The Labute approximate surface area is 111 Å². The van der Waals surface area contributed by atoms with Crippen molar-refractivity contribution in [2.24, 2.45) is 4.52 Å². The molecule has 0 radical (unpaired) electrons. The number of hydrogen-bond donors (Lipinski definition) is 0. The van der Waals surface area contributed by atoms with Gasteiger partial charge in [0.05, 0.1) is 26.4 Å². The third-order valence-electron chi connectivity index (χ3n) is 1.80. The third kappa shape index (κ3) is 8.51. The van der Waals surface area contributed by atoms with Gasteiger partial charge in [0.2, 0.25) is 8.60 Å². The van der Waals surface area contributed by atoms with Gasteiger partial charge in [-0.1, -0.05) is 18.2 Å². The van der Waals surface area contributed by atoms with Gasteiger partial charge in [-0.2, -0.15) is 4.52 Å². The Morgan fingerprint density at radius 2 is 1.89 bits per heavy atom. The highest BCUT2D eigenvalue weighted by atomic mass is 31.1. The molecule has 0 N–H and O–H groups in total. The molecule has 1 aromatic rings. The molecule has 0 fully saturated rings. The van der Waals surface area contributed by atoms with Crippen molar-refractivity contribution in [1.82, 2.24) is 0 Å². The van der Waals surface area contributed by atoms with Crippen LogP contribution in [0.15, 0.2) is 34.8 Å². The second-order valence-electron chi connectivity index (χ2n) is 3.13. The van der Waals surface area contributed by atoms with E-state index in [1.54, 1.807) is 7.11 Å². The highest BCUT2D eigenvalue weighted by molar-refractivity contribution is 7.39. The van der Waals surface area contributed by atoms with E-state index in [9.17, 15) is 0 Å². The highest BCUT2D eigenvalue weighted by Crippen LogP contribution is 2.22. The minimum Gasteiger partial charge on any atom is -0.423 e. The molecule has 0 aromatic heterocycles. The number of methoxy groups -OCH3 is 1. The van der Waals surface area contributed by atoms with Crippen molar-refractivity contribution in [2.75, 3.05) is 33.5 Å². The second kappa shape index (κ2) is 11.5. The van der Waals surface area contributed by atoms with Crippen LogP contribution in [0.4, 0.5) is 0 Å². The summed E-state index contributed by atoms with van der Waals surface area (Å²) in [5.41, 5.74) is 0. The number of benzene rings is 1. The van der Waals surface area contributed by atoms with E-state index in [4.69, 9.17) is 18.5 Å². The Balaban J connectivity index is 1.91. The number of para-hydroxylation sites is 1. The first-order valence-corrected chi connectivity index (χ1v) is 7.11. The average Bonchev–Trinajstić information content (AvgIpc) is 2.42. The smallest absolute Gasteiger partial charge is 0.248 e. The van der Waals surface area contributed by atoms with Crippen LogP contribution in [0.2, 0.25) is 0 Å². The van der Waals surface area contributed by atoms with Crippen molar-refractivity contribution in [3.63, 3.8) is 0 Å². The van der Waals surface area contributed by atoms with Gasteiger partial charge in [0.1, 0.15) is 14.7 Å². The molecule has 1 unspecified atom stereocenters. The summed E-state index contributed by atoms with van der Waals surface area (Å²) >= 11 is 0. The fourth-order valence-electron chi connectivity index (χ4n) is 0.985. The van der Waals surface area contributed by atoms with E-state index in [-0.39, 0.29) is 8.96 Å². The molecule has 0 bridgehead atoms. The van der Waals surface area contributed by atoms with Crippen LogP contribution >= 0.6 is 17.6 Å². The average molecular weight is 289 g/mol. The van der Waals surface area contributed by atoms with E-state index < -0.39 is 0 Å². The van der Waals surface area contributed by atoms with Crippen LogP contribution in [-0.4, -0.2) is 33.5 Å². The van der Waals surface area contributed by atoms with Crippen molar-refractivity contribution in [1.29, 1.82) is 0 Å². The van der Waals surface area contributed by atoms with Gasteiger partial charge in [-0.15, -0.1) is 0 Å². The largest absolute Gasteiger partial charge is 0.423 e. The highest BCUT2D eigenvalue weighted by Gasteiger charge is 1.90. The molecule has 0 aliphatic carbocycles. The Kier molecular flexibility index (Phi) is 9.91. The summed E-state index contributed by atoms with van der Waals surface area (Å²) < 4.78 is 24.8. The Hall–Kier alpha value is -0.570. The second-order valence-corrected chi connectivity index (χ2v) is 4.75. The van der Waals surface area contributed by atoms with Gasteiger partial charge in [0.15, 0.2) is 0 Å². The molecule has 7 heteroatoms. The van der Waals surface area contributed by atoms with Crippen LogP contribution in [0.25, 0.3) is 0 Å². The van der Waals surface area contributed by atoms with E-state index in [1.807, 2.05) is 30.3 Å². The molecule has 0 aliphatic heterocycles. The first-order valence-electron chi connectivity index (χ1n) is 5.49. The molecule has 18 heavy (non-hydrogen) atoms. The predicted octanol–water partition coefficient (Wildman–Crippen LogP) is 3.30. The first kappa shape index (κ1) is 15.5. The summed E-state index contributed by atoms with van der Waals surface area (Å²) in [5, 5.41) is 0. The lowest BCUT2D eigenvalue weighted by Gasteiger charge is -2.02. The minimum absolute atomic E-state index is 0.0725. The molecule has 1 aromatic carbocycles. The van der Waals surface area contributed by atoms with E-state index in [0.29, 0.717) is 35.0 Å². The van der Waals surface area contributed by atoms with Crippen LogP contribution in [0.3, 0.4) is 0 Å². The van der Waals surface area contributed by atoms with Crippen molar-refractivity contribution in [3.05, 3.63) is 30.3 Å². The normalized spacial score (nSPS) is 11.6. The van der Waals surface area contributed by atoms with Crippen LogP contribution in [0.5, 0.6) is 5.75 Å². The lowest BCUT2D eigenvalue weighted by atomic mass is 10.3. The third-order valence-corrected chi connectivity index (χ3v) is 3.08. The lowest BCUT2D eigenvalue weighted by molar-refractivity contribution is 0.0569. The molecule has 0 saturated heterocycles. The predicted molar refractivity (Wildman–Crippen MR) is 73.4 cm³/mol.